The minimum atomic E-state index is -0.235. The van der Waals surface area contributed by atoms with Crippen LogP contribution in [0.25, 0.3) is 21.9 Å². The first-order valence-electron chi connectivity index (χ1n) is 9.38. The number of nitrogens with one attached hydrogen (secondary N) is 1. The smallest absolute Gasteiger partial charge is 0.251 e. The summed E-state index contributed by atoms with van der Waals surface area (Å²) in [6.07, 6.45) is 1.99. The number of hydrogen-bond acceptors (Lipinski definition) is 3. The lowest BCUT2D eigenvalue weighted by atomic mass is 10.1. The molecule has 6 heteroatoms. The van der Waals surface area contributed by atoms with Gasteiger partial charge in [0.1, 0.15) is 5.82 Å². The van der Waals surface area contributed by atoms with Crippen molar-refractivity contribution in [3.8, 4) is 0 Å². The van der Waals surface area contributed by atoms with Gasteiger partial charge in [-0.25, -0.2) is 4.98 Å². The first-order chi connectivity index (χ1) is 13.6. The molecule has 0 aliphatic carbocycles. The molecule has 144 valence electrons. The molecule has 1 N–H and O–H groups in total. The molecule has 6 nitrogen and oxygen atoms in total. The second kappa shape index (κ2) is 7.48. The predicted octanol–water partition coefficient (Wildman–Crippen LogP) is 3.67. The highest BCUT2D eigenvalue weighted by Crippen LogP contribution is 2.22. The molecule has 0 spiro atoms. The van der Waals surface area contributed by atoms with Gasteiger partial charge >= 0.3 is 0 Å². The van der Waals surface area contributed by atoms with Gasteiger partial charge in [0.2, 0.25) is 0 Å². The Morgan fingerprint density at radius 1 is 1.18 bits per heavy atom. The molecule has 2 heterocycles. The molecule has 0 aliphatic heterocycles. The van der Waals surface area contributed by atoms with Crippen molar-refractivity contribution in [2.75, 3.05) is 13.7 Å². The standard InChI is InChI=1S/C22H24N4O2/c1-15(21-24-18-6-4-5-7-19(18)26(21)12-13-28-3)23-22(27)17-9-8-16-10-11-25(2)20(16)14-17/h4-11,14-15H,12-13H2,1-3H3,(H,23,27)/t15-/m0/s1. The van der Waals surface area contributed by atoms with Gasteiger partial charge in [0.15, 0.2) is 0 Å². The van der Waals surface area contributed by atoms with E-state index in [2.05, 4.69) is 9.88 Å². The Morgan fingerprint density at radius 3 is 2.82 bits per heavy atom. The summed E-state index contributed by atoms with van der Waals surface area (Å²) in [6.45, 7) is 3.23. The van der Waals surface area contributed by atoms with Crippen LogP contribution in [0.2, 0.25) is 0 Å². The molecule has 2 aromatic carbocycles. The number of methoxy groups -OCH3 is 1. The largest absolute Gasteiger partial charge is 0.383 e. The Kier molecular flexibility index (Phi) is 4.88. The fourth-order valence-electron chi connectivity index (χ4n) is 3.59. The first kappa shape index (κ1) is 18.3. The van der Waals surface area contributed by atoms with Crippen LogP contribution in [0.1, 0.15) is 29.1 Å². The van der Waals surface area contributed by atoms with Crippen LogP contribution in [-0.2, 0) is 18.3 Å². The van der Waals surface area contributed by atoms with Crippen molar-refractivity contribution in [2.45, 2.75) is 19.5 Å². The molecule has 1 atom stereocenters. The third-order valence-corrected chi connectivity index (χ3v) is 5.09. The van der Waals surface area contributed by atoms with E-state index in [1.54, 1.807) is 7.11 Å². The predicted molar refractivity (Wildman–Crippen MR) is 110 cm³/mol. The summed E-state index contributed by atoms with van der Waals surface area (Å²) in [7, 11) is 3.66. The molecule has 28 heavy (non-hydrogen) atoms. The maximum absolute atomic E-state index is 12.9. The number of carbonyl (C=O) groups is 1. The molecule has 0 saturated carbocycles. The molecule has 0 aliphatic rings. The number of fused-ring (bicyclic) bond motifs is 2. The lowest BCUT2D eigenvalue weighted by Gasteiger charge is -2.16. The molecular formula is C22H24N4O2. The van der Waals surface area contributed by atoms with Crippen molar-refractivity contribution in [1.82, 2.24) is 19.4 Å². The molecule has 1 amide bonds. The summed E-state index contributed by atoms with van der Waals surface area (Å²) in [4.78, 5) is 17.6. The summed E-state index contributed by atoms with van der Waals surface area (Å²) in [5.74, 6) is 0.715. The molecule has 0 fully saturated rings. The Hall–Kier alpha value is -3.12. The number of aryl methyl sites for hydroxylation is 1. The van der Waals surface area contributed by atoms with Gasteiger partial charge in [-0.2, -0.15) is 0 Å². The number of rotatable bonds is 6. The number of hydrogen-bond donors (Lipinski definition) is 1. The molecule has 4 rings (SSSR count). The zero-order chi connectivity index (χ0) is 19.7. The number of aromatic nitrogens is 3. The normalized spacial score (nSPS) is 12.5. The second-order valence-corrected chi connectivity index (χ2v) is 7.00. The van der Waals surface area contributed by atoms with Crippen LogP contribution in [-0.4, -0.2) is 33.7 Å². The summed E-state index contributed by atoms with van der Waals surface area (Å²) >= 11 is 0. The lowest BCUT2D eigenvalue weighted by Crippen LogP contribution is -2.29. The monoisotopic (exact) mass is 376 g/mol. The number of ether oxygens (including phenoxy) is 1. The topological polar surface area (TPSA) is 61.1 Å². The molecule has 2 aromatic heterocycles. The fourth-order valence-corrected chi connectivity index (χ4v) is 3.59. The summed E-state index contributed by atoms with van der Waals surface area (Å²) in [5, 5.41) is 4.21. The Labute approximate surface area is 163 Å². The zero-order valence-electron chi connectivity index (χ0n) is 16.3. The van der Waals surface area contributed by atoms with Crippen molar-refractivity contribution >= 4 is 27.8 Å². The Morgan fingerprint density at radius 2 is 2.00 bits per heavy atom. The molecule has 0 radical (unpaired) electrons. The van der Waals surface area contributed by atoms with Gasteiger partial charge < -0.3 is 19.2 Å². The molecule has 0 unspecified atom stereocenters. The van der Waals surface area contributed by atoms with Crippen molar-refractivity contribution in [3.05, 3.63) is 66.1 Å². The van der Waals surface area contributed by atoms with Gasteiger partial charge in [-0.3, -0.25) is 4.79 Å². The maximum atomic E-state index is 12.9. The van der Waals surface area contributed by atoms with Gasteiger partial charge in [0.25, 0.3) is 5.91 Å². The van der Waals surface area contributed by atoms with E-state index in [1.165, 1.54) is 0 Å². The minimum Gasteiger partial charge on any atom is -0.383 e. The number of amides is 1. The Bertz CT molecular complexity index is 1140. The number of benzene rings is 2. The van der Waals surface area contributed by atoms with Crippen LogP contribution in [0.15, 0.2) is 54.7 Å². The third kappa shape index (κ3) is 3.27. The van der Waals surface area contributed by atoms with Gasteiger partial charge in [0, 0.05) is 38.0 Å². The van der Waals surface area contributed by atoms with Gasteiger partial charge in [0.05, 0.1) is 23.7 Å². The highest BCUT2D eigenvalue weighted by molar-refractivity contribution is 5.98. The summed E-state index contributed by atoms with van der Waals surface area (Å²) in [5.41, 5.74) is 3.63. The van der Waals surface area contributed by atoms with E-state index in [-0.39, 0.29) is 11.9 Å². The van der Waals surface area contributed by atoms with E-state index in [9.17, 15) is 4.79 Å². The quantitative estimate of drug-likeness (QED) is 0.559. The van der Waals surface area contributed by atoms with E-state index in [0.717, 1.165) is 27.8 Å². The zero-order valence-corrected chi connectivity index (χ0v) is 16.3. The number of nitrogens with zero attached hydrogens (tertiary/aromatic N) is 3. The Balaban J connectivity index is 1.62. The fraction of sp³-hybridized carbons (Fsp3) is 0.273. The molecular weight excluding hydrogens is 352 g/mol. The summed E-state index contributed by atoms with van der Waals surface area (Å²) in [6, 6.07) is 15.6. The minimum absolute atomic E-state index is 0.110. The van der Waals surface area contributed by atoms with Crippen molar-refractivity contribution < 1.29 is 9.53 Å². The van der Waals surface area contributed by atoms with E-state index < -0.39 is 0 Å². The first-order valence-corrected chi connectivity index (χ1v) is 9.38. The lowest BCUT2D eigenvalue weighted by molar-refractivity contribution is 0.0937. The van der Waals surface area contributed by atoms with Crippen molar-refractivity contribution in [1.29, 1.82) is 0 Å². The van der Waals surface area contributed by atoms with E-state index in [1.807, 2.05) is 73.3 Å². The van der Waals surface area contributed by atoms with Gasteiger partial charge in [-0.15, -0.1) is 0 Å². The van der Waals surface area contributed by atoms with Crippen LogP contribution in [0.3, 0.4) is 0 Å². The van der Waals surface area contributed by atoms with Crippen LogP contribution in [0, 0.1) is 0 Å². The summed E-state index contributed by atoms with van der Waals surface area (Å²) < 4.78 is 9.38. The average Bonchev–Trinajstić information content (AvgIpc) is 3.26. The van der Waals surface area contributed by atoms with Crippen molar-refractivity contribution in [2.24, 2.45) is 7.05 Å². The number of imidazole rings is 1. The molecule has 4 aromatic rings. The highest BCUT2D eigenvalue weighted by atomic mass is 16.5. The van der Waals surface area contributed by atoms with Gasteiger partial charge in [-0.05, 0) is 42.6 Å². The van der Waals surface area contributed by atoms with Crippen LogP contribution >= 0.6 is 0 Å². The maximum Gasteiger partial charge on any atom is 0.251 e. The second-order valence-electron chi connectivity index (χ2n) is 7.00. The van der Waals surface area contributed by atoms with Crippen LogP contribution in [0.5, 0.6) is 0 Å². The van der Waals surface area contributed by atoms with E-state index >= 15 is 0 Å². The van der Waals surface area contributed by atoms with Gasteiger partial charge in [-0.1, -0.05) is 18.2 Å². The van der Waals surface area contributed by atoms with Crippen LogP contribution in [0.4, 0.5) is 0 Å². The molecule has 0 saturated heterocycles. The van der Waals surface area contributed by atoms with E-state index in [4.69, 9.17) is 9.72 Å². The molecule has 0 bridgehead atoms. The third-order valence-electron chi connectivity index (χ3n) is 5.09. The average molecular weight is 376 g/mol. The number of para-hydroxylation sites is 2. The SMILES string of the molecule is COCCn1c([C@H](C)NC(=O)c2ccc3ccn(C)c3c2)nc2ccccc21. The van der Waals surface area contributed by atoms with Crippen molar-refractivity contribution in [3.63, 3.8) is 0 Å². The van der Waals surface area contributed by atoms with E-state index in [0.29, 0.717) is 18.7 Å². The van der Waals surface area contributed by atoms with Crippen LogP contribution < -0.4 is 5.32 Å². The highest BCUT2D eigenvalue weighted by Gasteiger charge is 2.19. The number of carbonyl (C=O) groups excluding carboxylic acids is 1.